The molecule has 0 saturated carbocycles. The van der Waals surface area contributed by atoms with Crippen LogP contribution in [0.25, 0.3) is 6.08 Å². The molecule has 0 fully saturated rings. The van der Waals surface area contributed by atoms with Crippen molar-refractivity contribution in [2.24, 2.45) is 10.8 Å². The molecule has 1 aromatic carbocycles. The normalized spacial score (nSPS) is 11.5. The summed E-state index contributed by atoms with van der Waals surface area (Å²) in [6.45, 7) is 0. The van der Waals surface area contributed by atoms with Crippen molar-refractivity contribution >= 4 is 18.3 Å². The Morgan fingerprint density at radius 1 is 1.19 bits per heavy atom. The second kappa shape index (κ2) is 7.00. The maximum atomic E-state index is 10.2. The number of amides is 2. The Bertz CT molecular complexity index is 408. The van der Waals surface area contributed by atoms with Gasteiger partial charge in [0, 0.05) is 6.21 Å². The fourth-order valence-corrected chi connectivity index (χ4v) is 0.989. The predicted molar refractivity (Wildman–Crippen MR) is 65.8 cm³/mol. The highest BCUT2D eigenvalue weighted by molar-refractivity contribution is 5.76. The van der Waals surface area contributed by atoms with Crippen molar-refractivity contribution in [2.45, 2.75) is 0 Å². The first-order valence-electron chi connectivity index (χ1n) is 4.76. The molecule has 3 N–H and O–H groups in total. The van der Waals surface area contributed by atoms with Crippen molar-refractivity contribution in [1.29, 1.82) is 0 Å². The van der Waals surface area contributed by atoms with Gasteiger partial charge in [-0.2, -0.15) is 5.10 Å². The quantitative estimate of drug-likeness (QED) is 0.449. The average Bonchev–Trinajstić information content (AvgIpc) is 2.29. The maximum Gasteiger partial charge on any atom is 0.332 e. The first kappa shape index (κ1) is 11.7. The first-order chi connectivity index (χ1) is 7.79. The number of urea groups is 1. The molecule has 1 aromatic rings. The largest absolute Gasteiger partial charge is 0.350 e. The van der Waals surface area contributed by atoms with Crippen LogP contribution in [0.3, 0.4) is 0 Å². The van der Waals surface area contributed by atoms with E-state index in [4.69, 9.17) is 5.73 Å². The van der Waals surface area contributed by atoms with Crippen LogP contribution in [0.15, 0.2) is 53.7 Å². The van der Waals surface area contributed by atoms with Crippen LogP contribution in [0.1, 0.15) is 5.56 Å². The van der Waals surface area contributed by atoms with Crippen LogP contribution >= 0.6 is 0 Å². The molecule has 2 amide bonds. The number of allylic oxidation sites excluding steroid dienone is 3. The number of benzene rings is 1. The van der Waals surface area contributed by atoms with E-state index in [1.165, 1.54) is 6.21 Å². The fraction of sp³-hybridized carbons (Fsp3) is 0. The molecule has 82 valence electrons. The number of hydrazone groups is 1. The second-order valence-electron chi connectivity index (χ2n) is 2.91. The molecule has 0 spiro atoms. The van der Waals surface area contributed by atoms with Crippen molar-refractivity contribution < 1.29 is 4.79 Å². The molecule has 0 aromatic heterocycles. The summed E-state index contributed by atoms with van der Waals surface area (Å²) in [5.41, 5.74) is 8.02. The van der Waals surface area contributed by atoms with Crippen LogP contribution in [0.5, 0.6) is 0 Å². The molecule has 0 aliphatic heterocycles. The Morgan fingerprint density at radius 3 is 2.62 bits per heavy atom. The van der Waals surface area contributed by atoms with E-state index in [0.717, 1.165) is 5.56 Å². The number of rotatable bonds is 4. The third kappa shape index (κ3) is 5.39. The van der Waals surface area contributed by atoms with Gasteiger partial charge < -0.3 is 5.73 Å². The summed E-state index contributed by atoms with van der Waals surface area (Å²) in [6, 6.07) is 9.25. The van der Waals surface area contributed by atoms with Gasteiger partial charge in [0.1, 0.15) is 0 Å². The van der Waals surface area contributed by atoms with Crippen molar-refractivity contribution in [3.05, 3.63) is 54.1 Å². The molecule has 0 atom stereocenters. The van der Waals surface area contributed by atoms with Gasteiger partial charge in [-0.25, -0.2) is 10.2 Å². The Labute approximate surface area is 94.2 Å². The Morgan fingerprint density at radius 2 is 1.94 bits per heavy atom. The zero-order valence-corrected chi connectivity index (χ0v) is 8.71. The third-order valence-corrected chi connectivity index (χ3v) is 1.65. The summed E-state index contributed by atoms with van der Waals surface area (Å²) < 4.78 is 0. The summed E-state index contributed by atoms with van der Waals surface area (Å²) in [5, 5.41) is 3.55. The minimum absolute atomic E-state index is 0.676. The number of hydrogen-bond acceptors (Lipinski definition) is 2. The molecule has 4 heteroatoms. The van der Waals surface area contributed by atoms with Gasteiger partial charge in [0.2, 0.25) is 0 Å². The van der Waals surface area contributed by atoms with Crippen LogP contribution in [0.2, 0.25) is 0 Å². The van der Waals surface area contributed by atoms with Crippen LogP contribution in [0.4, 0.5) is 4.79 Å². The predicted octanol–water partition coefficient (Wildman–Crippen LogP) is 1.91. The van der Waals surface area contributed by atoms with Gasteiger partial charge in [-0.15, -0.1) is 0 Å². The average molecular weight is 215 g/mol. The zero-order chi connectivity index (χ0) is 11.6. The number of carbonyl (C=O) groups excluding carboxylic acids is 1. The highest BCUT2D eigenvalue weighted by atomic mass is 16.2. The SMILES string of the molecule is NC(=O)N/N=C/C=C/C=C/c1ccccc1. The summed E-state index contributed by atoms with van der Waals surface area (Å²) in [4.78, 5) is 10.2. The van der Waals surface area contributed by atoms with Gasteiger partial charge in [0.15, 0.2) is 0 Å². The second-order valence-corrected chi connectivity index (χ2v) is 2.91. The number of nitrogens with zero attached hydrogens (tertiary/aromatic N) is 1. The van der Waals surface area contributed by atoms with Crippen LogP contribution in [-0.4, -0.2) is 12.2 Å². The molecule has 0 radical (unpaired) electrons. The minimum atomic E-state index is -0.676. The monoisotopic (exact) mass is 215 g/mol. The van der Waals surface area contributed by atoms with Crippen molar-refractivity contribution in [1.82, 2.24) is 5.43 Å². The molecular weight excluding hydrogens is 202 g/mol. The molecular formula is C12H13N3O. The number of nitrogens with two attached hydrogens (primary N) is 1. The number of hydrogen-bond donors (Lipinski definition) is 2. The number of carbonyl (C=O) groups is 1. The van der Waals surface area contributed by atoms with E-state index in [9.17, 15) is 4.79 Å². The van der Waals surface area contributed by atoms with Gasteiger partial charge >= 0.3 is 6.03 Å². The molecule has 0 aliphatic rings. The Hall–Kier alpha value is -2.36. The zero-order valence-electron chi connectivity index (χ0n) is 8.71. The van der Waals surface area contributed by atoms with Gasteiger partial charge in [-0.3, -0.25) is 0 Å². The fourth-order valence-electron chi connectivity index (χ4n) is 0.989. The van der Waals surface area contributed by atoms with Crippen LogP contribution in [0, 0.1) is 0 Å². The van der Waals surface area contributed by atoms with E-state index in [2.05, 4.69) is 10.5 Å². The summed E-state index contributed by atoms with van der Waals surface area (Å²) in [6.07, 6.45) is 8.78. The van der Waals surface area contributed by atoms with Gasteiger partial charge in [0.25, 0.3) is 0 Å². The van der Waals surface area contributed by atoms with E-state index in [1.807, 2.05) is 42.5 Å². The number of nitrogens with one attached hydrogen (secondary N) is 1. The molecule has 16 heavy (non-hydrogen) atoms. The lowest BCUT2D eigenvalue weighted by atomic mass is 10.2. The van der Waals surface area contributed by atoms with Crippen molar-refractivity contribution in [3.8, 4) is 0 Å². The lowest BCUT2D eigenvalue weighted by Crippen LogP contribution is -2.24. The third-order valence-electron chi connectivity index (χ3n) is 1.65. The lowest BCUT2D eigenvalue weighted by Gasteiger charge is -1.88. The highest BCUT2D eigenvalue weighted by Crippen LogP contribution is 2.00. The van der Waals surface area contributed by atoms with E-state index in [1.54, 1.807) is 12.2 Å². The smallest absolute Gasteiger partial charge is 0.332 e. The van der Waals surface area contributed by atoms with Crippen LogP contribution < -0.4 is 11.2 Å². The molecule has 1 rings (SSSR count). The Kier molecular flexibility index (Phi) is 5.13. The topological polar surface area (TPSA) is 67.5 Å². The van der Waals surface area contributed by atoms with E-state index >= 15 is 0 Å². The molecule has 4 nitrogen and oxygen atoms in total. The van der Waals surface area contributed by atoms with E-state index in [-0.39, 0.29) is 0 Å². The van der Waals surface area contributed by atoms with Crippen molar-refractivity contribution in [3.63, 3.8) is 0 Å². The summed E-state index contributed by atoms with van der Waals surface area (Å²) in [7, 11) is 0. The van der Waals surface area contributed by atoms with E-state index in [0.29, 0.717) is 0 Å². The van der Waals surface area contributed by atoms with Gasteiger partial charge in [-0.1, -0.05) is 48.6 Å². The molecule has 0 saturated heterocycles. The highest BCUT2D eigenvalue weighted by Gasteiger charge is 1.81. The van der Waals surface area contributed by atoms with Crippen molar-refractivity contribution in [2.75, 3.05) is 0 Å². The van der Waals surface area contributed by atoms with Gasteiger partial charge in [-0.05, 0) is 11.6 Å². The van der Waals surface area contributed by atoms with E-state index < -0.39 is 6.03 Å². The summed E-state index contributed by atoms with van der Waals surface area (Å²) in [5.74, 6) is 0. The van der Waals surface area contributed by atoms with Gasteiger partial charge in [0.05, 0.1) is 0 Å². The molecule has 0 unspecified atom stereocenters. The standard InChI is InChI=1S/C12H13N3O/c13-12(16)15-14-10-6-2-5-9-11-7-3-1-4-8-11/h1-10H,(H3,13,15,16)/b6-2+,9-5+,14-10+. The minimum Gasteiger partial charge on any atom is -0.350 e. The maximum absolute atomic E-state index is 10.2. The lowest BCUT2D eigenvalue weighted by molar-refractivity contribution is 0.249. The summed E-state index contributed by atoms with van der Waals surface area (Å²) >= 11 is 0. The molecule has 0 bridgehead atoms. The number of primary amides is 1. The molecule has 0 aliphatic carbocycles. The first-order valence-corrected chi connectivity index (χ1v) is 4.76. The van der Waals surface area contributed by atoms with Crippen LogP contribution in [-0.2, 0) is 0 Å². The molecule has 0 heterocycles. The Balaban J connectivity index is 2.34.